The maximum Gasteiger partial charge on any atom is 0.264 e. The van der Waals surface area contributed by atoms with Gasteiger partial charge in [-0.05, 0) is 31.5 Å². The molecule has 0 saturated carbocycles. The molecule has 0 bridgehead atoms. The Labute approximate surface area is 119 Å². The van der Waals surface area contributed by atoms with Crippen LogP contribution in [0.15, 0.2) is 41.4 Å². The van der Waals surface area contributed by atoms with E-state index in [2.05, 4.69) is 4.98 Å². The van der Waals surface area contributed by atoms with Gasteiger partial charge in [-0.2, -0.15) is 0 Å². The van der Waals surface area contributed by atoms with Crippen molar-refractivity contribution in [2.75, 3.05) is 17.1 Å². The monoisotopic (exact) mass is 291 g/mol. The molecule has 106 valence electrons. The van der Waals surface area contributed by atoms with Gasteiger partial charge >= 0.3 is 0 Å². The fourth-order valence-electron chi connectivity index (χ4n) is 2.03. The van der Waals surface area contributed by atoms with E-state index in [1.54, 1.807) is 6.07 Å². The fourth-order valence-corrected chi connectivity index (χ4v) is 3.32. The molecule has 1 aromatic heterocycles. The molecule has 0 amide bonds. The average Bonchev–Trinajstić information content (AvgIpc) is 2.38. The van der Waals surface area contributed by atoms with E-state index in [0.717, 1.165) is 11.1 Å². The lowest BCUT2D eigenvalue weighted by Gasteiger charge is -2.21. The van der Waals surface area contributed by atoms with Crippen LogP contribution in [0.5, 0.6) is 0 Å². The smallest absolute Gasteiger partial charge is 0.264 e. The van der Waals surface area contributed by atoms with Gasteiger partial charge in [0.25, 0.3) is 10.0 Å². The molecule has 20 heavy (non-hydrogen) atoms. The number of hydrogen-bond acceptors (Lipinski definition) is 4. The van der Waals surface area contributed by atoms with E-state index < -0.39 is 10.0 Å². The molecule has 6 heteroatoms. The summed E-state index contributed by atoms with van der Waals surface area (Å²) >= 11 is 0. The van der Waals surface area contributed by atoms with Gasteiger partial charge in [-0.25, -0.2) is 13.4 Å². The van der Waals surface area contributed by atoms with Crippen LogP contribution in [0.2, 0.25) is 0 Å². The van der Waals surface area contributed by atoms with Crippen LogP contribution in [0, 0.1) is 13.8 Å². The molecule has 0 spiro atoms. The normalized spacial score (nSPS) is 11.3. The Morgan fingerprint density at radius 3 is 2.45 bits per heavy atom. The second-order valence-corrected chi connectivity index (χ2v) is 6.65. The standard InChI is InChI=1S/C14H17N3O2S/c1-10-4-5-13(11(2)8-10)17(3)20(18,19)12-6-7-16-14(15)9-12/h4-9H,1-3H3,(H2,15,16). The highest BCUT2D eigenvalue weighted by Gasteiger charge is 2.22. The number of sulfonamides is 1. The summed E-state index contributed by atoms with van der Waals surface area (Å²) in [7, 11) is -2.11. The van der Waals surface area contributed by atoms with E-state index in [9.17, 15) is 8.42 Å². The number of aryl methyl sites for hydroxylation is 2. The first-order valence-corrected chi connectivity index (χ1v) is 7.54. The third-order valence-electron chi connectivity index (χ3n) is 3.10. The molecule has 0 radical (unpaired) electrons. The number of anilines is 2. The van der Waals surface area contributed by atoms with Crippen LogP contribution in [0.1, 0.15) is 11.1 Å². The van der Waals surface area contributed by atoms with Crippen molar-refractivity contribution in [3.05, 3.63) is 47.7 Å². The number of nitrogens with two attached hydrogens (primary N) is 1. The minimum absolute atomic E-state index is 0.132. The van der Waals surface area contributed by atoms with E-state index in [4.69, 9.17) is 5.73 Å². The minimum Gasteiger partial charge on any atom is -0.384 e. The summed E-state index contributed by atoms with van der Waals surface area (Å²) < 4.78 is 26.4. The summed E-state index contributed by atoms with van der Waals surface area (Å²) in [6, 6.07) is 8.42. The van der Waals surface area contributed by atoms with Gasteiger partial charge in [0.15, 0.2) is 0 Å². The van der Waals surface area contributed by atoms with Gasteiger partial charge < -0.3 is 5.73 Å². The molecular weight excluding hydrogens is 274 g/mol. The zero-order valence-electron chi connectivity index (χ0n) is 11.7. The maximum atomic E-state index is 12.6. The highest BCUT2D eigenvalue weighted by molar-refractivity contribution is 7.92. The Hall–Kier alpha value is -2.08. The highest BCUT2D eigenvalue weighted by Crippen LogP contribution is 2.26. The largest absolute Gasteiger partial charge is 0.384 e. The van der Waals surface area contributed by atoms with Crippen LogP contribution in [-0.2, 0) is 10.0 Å². The summed E-state index contributed by atoms with van der Waals surface area (Å²) in [6.07, 6.45) is 1.39. The summed E-state index contributed by atoms with van der Waals surface area (Å²) in [5.41, 5.74) is 8.18. The van der Waals surface area contributed by atoms with Crippen LogP contribution in [0.4, 0.5) is 11.5 Å². The van der Waals surface area contributed by atoms with Crippen molar-refractivity contribution in [3.63, 3.8) is 0 Å². The summed E-state index contributed by atoms with van der Waals surface area (Å²) in [5.74, 6) is 0.181. The number of nitrogens with zero attached hydrogens (tertiary/aromatic N) is 2. The van der Waals surface area contributed by atoms with Gasteiger partial charge in [0.2, 0.25) is 0 Å². The molecule has 1 aromatic carbocycles. The maximum absolute atomic E-state index is 12.6. The van der Waals surface area contributed by atoms with Crippen molar-refractivity contribution in [3.8, 4) is 0 Å². The number of pyridine rings is 1. The lowest BCUT2D eigenvalue weighted by atomic mass is 10.1. The van der Waals surface area contributed by atoms with Crippen molar-refractivity contribution in [2.24, 2.45) is 0 Å². The Morgan fingerprint density at radius 2 is 1.85 bits per heavy atom. The molecule has 1 heterocycles. The van der Waals surface area contributed by atoms with Crippen molar-refractivity contribution in [1.29, 1.82) is 0 Å². The third kappa shape index (κ3) is 2.60. The van der Waals surface area contributed by atoms with E-state index in [0.29, 0.717) is 5.69 Å². The van der Waals surface area contributed by atoms with Gasteiger partial charge in [0.05, 0.1) is 10.6 Å². The number of nitrogen functional groups attached to an aromatic ring is 1. The Morgan fingerprint density at radius 1 is 1.15 bits per heavy atom. The second kappa shape index (κ2) is 5.13. The quantitative estimate of drug-likeness (QED) is 0.939. The molecule has 2 rings (SSSR count). The second-order valence-electron chi connectivity index (χ2n) is 4.68. The van der Waals surface area contributed by atoms with E-state index in [1.165, 1.54) is 29.7 Å². The first-order chi connectivity index (χ1) is 9.32. The van der Waals surface area contributed by atoms with Crippen molar-refractivity contribution < 1.29 is 8.42 Å². The molecule has 0 aliphatic heterocycles. The SMILES string of the molecule is Cc1ccc(N(C)S(=O)(=O)c2ccnc(N)c2)c(C)c1. The molecule has 0 fully saturated rings. The van der Waals surface area contributed by atoms with Crippen LogP contribution in [-0.4, -0.2) is 20.4 Å². The fraction of sp³-hybridized carbons (Fsp3) is 0.214. The van der Waals surface area contributed by atoms with Crippen molar-refractivity contribution in [2.45, 2.75) is 18.7 Å². The van der Waals surface area contributed by atoms with Crippen molar-refractivity contribution >= 4 is 21.5 Å². The van der Waals surface area contributed by atoms with Gasteiger partial charge in [-0.3, -0.25) is 4.31 Å². The van der Waals surface area contributed by atoms with Gasteiger partial charge in [0.1, 0.15) is 5.82 Å². The number of benzene rings is 1. The lowest BCUT2D eigenvalue weighted by Crippen LogP contribution is -2.27. The summed E-state index contributed by atoms with van der Waals surface area (Å²) in [4.78, 5) is 3.94. The molecule has 0 aliphatic carbocycles. The zero-order chi connectivity index (χ0) is 14.9. The predicted octanol–water partition coefficient (Wildman–Crippen LogP) is 2.11. The number of rotatable bonds is 3. The van der Waals surface area contributed by atoms with E-state index in [1.807, 2.05) is 26.0 Å². The third-order valence-corrected chi connectivity index (χ3v) is 4.87. The molecule has 0 aliphatic rings. The lowest BCUT2D eigenvalue weighted by molar-refractivity contribution is 0.594. The predicted molar refractivity (Wildman–Crippen MR) is 80.2 cm³/mol. The molecule has 0 saturated heterocycles. The number of aromatic nitrogens is 1. The molecule has 2 N–H and O–H groups in total. The molecule has 2 aromatic rings. The Kier molecular flexibility index (Phi) is 3.67. The summed E-state index contributed by atoms with van der Waals surface area (Å²) in [5, 5.41) is 0. The van der Waals surface area contributed by atoms with Crippen molar-refractivity contribution in [1.82, 2.24) is 4.98 Å². The van der Waals surface area contributed by atoms with Gasteiger partial charge in [-0.15, -0.1) is 0 Å². The Bertz CT molecular complexity index is 742. The first-order valence-electron chi connectivity index (χ1n) is 6.10. The van der Waals surface area contributed by atoms with Crippen LogP contribution < -0.4 is 10.0 Å². The van der Waals surface area contributed by atoms with Gasteiger partial charge in [0, 0.05) is 19.3 Å². The molecular formula is C14H17N3O2S. The topological polar surface area (TPSA) is 76.3 Å². The number of hydrogen-bond donors (Lipinski definition) is 1. The van der Waals surface area contributed by atoms with Crippen LogP contribution in [0.25, 0.3) is 0 Å². The van der Waals surface area contributed by atoms with Gasteiger partial charge in [-0.1, -0.05) is 17.7 Å². The van der Waals surface area contributed by atoms with Crippen LogP contribution in [0.3, 0.4) is 0 Å². The highest BCUT2D eigenvalue weighted by atomic mass is 32.2. The van der Waals surface area contributed by atoms with E-state index >= 15 is 0 Å². The zero-order valence-corrected chi connectivity index (χ0v) is 12.5. The van der Waals surface area contributed by atoms with E-state index in [-0.39, 0.29) is 10.7 Å². The molecule has 5 nitrogen and oxygen atoms in total. The molecule has 0 unspecified atom stereocenters. The molecule has 0 atom stereocenters. The summed E-state index contributed by atoms with van der Waals surface area (Å²) in [6.45, 7) is 3.85. The van der Waals surface area contributed by atoms with Crippen LogP contribution >= 0.6 is 0 Å². The Balaban J connectivity index is 2.49. The minimum atomic E-state index is -3.64. The first kappa shape index (κ1) is 14.3. The average molecular weight is 291 g/mol.